The molecule has 1 aliphatic heterocycles. The molecule has 0 bridgehead atoms. The fourth-order valence-corrected chi connectivity index (χ4v) is 4.90. The van der Waals surface area contributed by atoms with E-state index in [4.69, 9.17) is 0 Å². The Morgan fingerprint density at radius 2 is 1.81 bits per heavy atom. The lowest BCUT2D eigenvalue weighted by Gasteiger charge is -2.35. The van der Waals surface area contributed by atoms with Gasteiger partial charge in [-0.05, 0) is 38.0 Å². The van der Waals surface area contributed by atoms with Crippen LogP contribution in [0.25, 0.3) is 5.69 Å². The van der Waals surface area contributed by atoms with Crippen molar-refractivity contribution in [3.63, 3.8) is 0 Å². The molecule has 7 heteroatoms. The second-order valence-electron chi connectivity index (χ2n) is 8.12. The van der Waals surface area contributed by atoms with Crippen LogP contribution in [0.3, 0.4) is 0 Å². The maximum atomic E-state index is 13.1. The topological polar surface area (TPSA) is 54.3 Å². The maximum absolute atomic E-state index is 13.1. The molecule has 1 saturated heterocycles. The molecule has 162 valence electrons. The van der Waals surface area contributed by atoms with Crippen LogP contribution >= 0.6 is 11.8 Å². The highest BCUT2D eigenvalue weighted by Crippen LogP contribution is 2.27. The predicted octanol–water partition coefficient (Wildman–Crippen LogP) is 3.71. The molecule has 6 nitrogen and oxygen atoms in total. The highest BCUT2D eigenvalue weighted by Gasteiger charge is 2.27. The minimum absolute atomic E-state index is 0.166. The Hall–Kier alpha value is -2.64. The molecular formula is C24H29N5OS. The Bertz CT molecular complexity index is 1030. The number of nitrogens with zero attached hydrogens (tertiary/aromatic N) is 5. The summed E-state index contributed by atoms with van der Waals surface area (Å²) in [5, 5.41) is 8.91. The smallest absolute Gasteiger partial charge is 0.235 e. The largest absolute Gasteiger partial charge is 0.339 e. The number of hydrogen-bond acceptors (Lipinski definition) is 5. The first-order chi connectivity index (χ1) is 15.0. The fraction of sp³-hybridized carbons (Fsp3) is 0.375. The summed E-state index contributed by atoms with van der Waals surface area (Å²) in [5.74, 6) is 0.166. The molecule has 0 spiro atoms. The third-order valence-electron chi connectivity index (χ3n) is 5.69. The Morgan fingerprint density at radius 1 is 1.06 bits per heavy atom. The van der Waals surface area contributed by atoms with Crippen LogP contribution in [-0.2, 0) is 11.3 Å². The lowest BCUT2D eigenvalue weighted by atomic mass is 10.1. The van der Waals surface area contributed by atoms with Gasteiger partial charge in [0.25, 0.3) is 0 Å². The molecule has 4 rings (SSSR count). The minimum Gasteiger partial charge on any atom is -0.339 e. The third kappa shape index (κ3) is 5.17. The molecule has 1 unspecified atom stereocenters. The first kappa shape index (κ1) is 21.6. The van der Waals surface area contributed by atoms with Crippen molar-refractivity contribution in [2.45, 2.75) is 37.7 Å². The van der Waals surface area contributed by atoms with Crippen molar-refractivity contribution in [2.75, 3.05) is 26.2 Å². The Kier molecular flexibility index (Phi) is 6.73. The first-order valence-corrected chi connectivity index (χ1v) is 11.6. The van der Waals surface area contributed by atoms with Gasteiger partial charge in [-0.25, -0.2) is 0 Å². The van der Waals surface area contributed by atoms with Crippen molar-refractivity contribution in [2.24, 2.45) is 0 Å². The number of piperazine rings is 1. The molecule has 31 heavy (non-hydrogen) atoms. The summed E-state index contributed by atoms with van der Waals surface area (Å²) >= 11 is 1.47. The number of aromatic nitrogens is 3. The molecule has 0 N–H and O–H groups in total. The lowest BCUT2D eigenvalue weighted by Crippen LogP contribution is -2.50. The lowest BCUT2D eigenvalue weighted by molar-refractivity contribution is -0.132. The summed E-state index contributed by atoms with van der Waals surface area (Å²) in [4.78, 5) is 17.5. The summed E-state index contributed by atoms with van der Waals surface area (Å²) in [7, 11) is 0. The molecular weight excluding hydrogens is 406 g/mol. The molecule has 1 aromatic heterocycles. The van der Waals surface area contributed by atoms with E-state index in [-0.39, 0.29) is 11.2 Å². The van der Waals surface area contributed by atoms with Gasteiger partial charge in [0.2, 0.25) is 5.91 Å². The van der Waals surface area contributed by atoms with Crippen LogP contribution in [0, 0.1) is 13.8 Å². The number of hydrogen-bond donors (Lipinski definition) is 0. The normalized spacial score (nSPS) is 15.8. The quantitative estimate of drug-likeness (QED) is 0.553. The van der Waals surface area contributed by atoms with Gasteiger partial charge in [0.15, 0.2) is 5.16 Å². The summed E-state index contributed by atoms with van der Waals surface area (Å²) < 4.78 is 1.97. The van der Waals surface area contributed by atoms with Gasteiger partial charge in [-0.3, -0.25) is 14.3 Å². The van der Waals surface area contributed by atoms with Gasteiger partial charge < -0.3 is 4.90 Å². The second-order valence-corrected chi connectivity index (χ2v) is 9.43. The number of amides is 1. The van der Waals surface area contributed by atoms with E-state index in [1.165, 1.54) is 22.9 Å². The van der Waals surface area contributed by atoms with E-state index in [1.54, 1.807) is 6.33 Å². The van der Waals surface area contributed by atoms with Gasteiger partial charge in [-0.1, -0.05) is 59.8 Å². The monoisotopic (exact) mass is 435 g/mol. The summed E-state index contributed by atoms with van der Waals surface area (Å²) in [5.41, 5.74) is 4.75. The minimum atomic E-state index is -0.214. The van der Waals surface area contributed by atoms with Crippen molar-refractivity contribution in [3.8, 4) is 5.69 Å². The Labute approximate surface area is 188 Å². The molecule has 1 amide bonds. The highest BCUT2D eigenvalue weighted by molar-refractivity contribution is 8.00. The summed E-state index contributed by atoms with van der Waals surface area (Å²) in [6.45, 7) is 10.4. The molecule has 2 aromatic carbocycles. The number of carbonyl (C=O) groups excluding carboxylic acids is 1. The number of aryl methyl sites for hydroxylation is 2. The second kappa shape index (κ2) is 9.66. The van der Waals surface area contributed by atoms with Gasteiger partial charge >= 0.3 is 0 Å². The summed E-state index contributed by atoms with van der Waals surface area (Å²) in [6, 6.07) is 16.8. The fourth-order valence-electron chi connectivity index (χ4n) is 3.98. The predicted molar refractivity (Wildman–Crippen MR) is 124 cm³/mol. The van der Waals surface area contributed by atoms with Crippen LogP contribution in [0.2, 0.25) is 0 Å². The third-order valence-corrected chi connectivity index (χ3v) is 6.74. The van der Waals surface area contributed by atoms with Crippen LogP contribution < -0.4 is 0 Å². The van der Waals surface area contributed by atoms with Gasteiger partial charge in [0.05, 0.1) is 10.9 Å². The van der Waals surface area contributed by atoms with E-state index in [1.807, 2.05) is 22.5 Å². The number of rotatable bonds is 6. The summed E-state index contributed by atoms with van der Waals surface area (Å²) in [6.07, 6.45) is 1.72. The average Bonchev–Trinajstić information content (AvgIpc) is 3.22. The van der Waals surface area contributed by atoms with E-state index < -0.39 is 0 Å². The van der Waals surface area contributed by atoms with Crippen molar-refractivity contribution in [1.29, 1.82) is 0 Å². The molecule has 0 saturated carbocycles. The molecule has 2 heterocycles. The Balaban J connectivity index is 1.35. The van der Waals surface area contributed by atoms with Gasteiger partial charge in [-0.15, -0.1) is 10.2 Å². The standard InChI is InChI=1S/C24H29N5OS/c1-18-9-10-22(19(2)15-18)29-17-25-26-24(29)31-20(3)23(30)28-13-11-27(12-14-28)16-21-7-5-4-6-8-21/h4-10,15,17,20H,11-14,16H2,1-3H3. The van der Waals surface area contributed by atoms with Crippen LogP contribution in [-0.4, -0.2) is 61.9 Å². The van der Waals surface area contributed by atoms with Crippen molar-refractivity contribution < 1.29 is 4.79 Å². The Morgan fingerprint density at radius 3 is 2.52 bits per heavy atom. The van der Waals surface area contributed by atoms with E-state index in [2.05, 4.69) is 71.4 Å². The first-order valence-electron chi connectivity index (χ1n) is 10.7. The molecule has 0 aliphatic carbocycles. The zero-order chi connectivity index (χ0) is 21.8. The van der Waals surface area contributed by atoms with Crippen LogP contribution in [0.1, 0.15) is 23.6 Å². The molecule has 1 aliphatic rings. The molecule has 1 fully saturated rings. The van der Waals surface area contributed by atoms with Gasteiger partial charge in [0, 0.05) is 32.7 Å². The van der Waals surface area contributed by atoms with E-state index in [0.29, 0.717) is 0 Å². The molecule has 1 atom stereocenters. The van der Waals surface area contributed by atoms with Crippen LogP contribution in [0.5, 0.6) is 0 Å². The number of carbonyl (C=O) groups is 1. The number of thioether (sulfide) groups is 1. The molecule has 3 aromatic rings. The average molecular weight is 436 g/mol. The van der Waals surface area contributed by atoms with E-state index in [0.717, 1.165) is 49.1 Å². The van der Waals surface area contributed by atoms with Crippen molar-refractivity contribution in [3.05, 3.63) is 71.5 Å². The zero-order valence-electron chi connectivity index (χ0n) is 18.4. The zero-order valence-corrected chi connectivity index (χ0v) is 19.2. The number of benzene rings is 2. The van der Waals surface area contributed by atoms with Gasteiger partial charge in [-0.2, -0.15) is 0 Å². The highest BCUT2D eigenvalue weighted by atomic mass is 32.2. The van der Waals surface area contributed by atoms with Crippen LogP contribution in [0.15, 0.2) is 60.0 Å². The van der Waals surface area contributed by atoms with E-state index >= 15 is 0 Å². The SMILES string of the molecule is Cc1ccc(-n2cnnc2SC(C)C(=O)N2CCN(Cc3ccccc3)CC2)c(C)c1. The van der Waals surface area contributed by atoms with Crippen molar-refractivity contribution >= 4 is 17.7 Å². The van der Waals surface area contributed by atoms with Crippen LogP contribution in [0.4, 0.5) is 0 Å². The molecule has 0 radical (unpaired) electrons. The maximum Gasteiger partial charge on any atom is 0.235 e. The van der Waals surface area contributed by atoms with Crippen molar-refractivity contribution in [1.82, 2.24) is 24.6 Å². The van der Waals surface area contributed by atoms with Gasteiger partial charge in [0.1, 0.15) is 6.33 Å². The van der Waals surface area contributed by atoms with E-state index in [9.17, 15) is 4.79 Å².